The molecule has 1 N–H and O–H groups in total. The Morgan fingerprint density at radius 1 is 1.14 bits per heavy atom. The van der Waals surface area contributed by atoms with Crippen molar-refractivity contribution in [2.75, 3.05) is 11.9 Å². The number of nitrogens with one attached hydrogen (secondary N) is 1. The van der Waals surface area contributed by atoms with Crippen molar-refractivity contribution in [3.63, 3.8) is 0 Å². The van der Waals surface area contributed by atoms with Gasteiger partial charge in [0, 0.05) is 28.7 Å². The minimum Gasteiger partial charge on any atom is -0.384 e. The number of alkyl halides is 3. The number of hydrogen-bond acceptors (Lipinski definition) is 2. The molecule has 0 amide bonds. The number of halogens is 4. The van der Waals surface area contributed by atoms with E-state index in [2.05, 4.69) is 10.3 Å². The van der Waals surface area contributed by atoms with Gasteiger partial charge in [0.25, 0.3) is 0 Å². The molecule has 0 unspecified atom stereocenters. The molecule has 1 aromatic carbocycles. The van der Waals surface area contributed by atoms with Crippen LogP contribution < -0.4 is 5.32 Å². The fourth-order valence-electron chi connectivity index (χ4n) is 2.29. The lowest BCUT2D eigenvalue weighted by atomic mass is 10.0. The molecule has 0 radical (unpaired) electrons. The van der Waals surface area contributed by atoms with Gasteiger partial charge in [-0.2, -0.15) is 13.2 Å². The van der Waals surface area contributed by atoms with Gasteiger partial charge in [-0.25, -0.2) is 9.37 Å². The van der Waals surface area contributed by atoms with Crippen molar-refractivity contribution >= 4 is 16.6 Å². The molecule has 2 nitrogen and oxygen atoms in total. The van der Waals surface area contributed by atoms with Crippen LogP contribution in [0.4, 0.5) is 23.2 Å². The zero-order valence-electron chi connectivity index (χ0n) is 12.0. The summed E-state index contributed by atoms with van der Waals surface area (Å²) in [6.45, 7) is 5.27. The second kappa shape index (κ2) is 5.50. The number of aromatic nitrogens is 1. The highest BCUT2D eigenvalue weighted by atomic mass is 19.4. The van der Waals surface area contributed by atoms with Crippen molar-refractivity contribution in [1.82, 2.24) is 4.98 Å². The van der Waals surface area contributed by atoms with Gasteiger partial charge in [0.15, 0.2) is 0 Å². The van der Waals surface area contributed by atoms with E-state index in [4.69, 9.17) is 0 Å². The summed E-state index contributed by atoms with van der Waals surface area (Å²) < 4.78 is 53.0. The van der Waals surface area contributed by atoms with E-state index < -0.39 is 17.7 Å². The highest BCUT2D eigenvalue weighted by Crippen LogP contribution is 2.38. The van der Waals surface area contributed by atoms with Gasteiger partial charge in [-0.15, -0.1) is 0 Å². The van der Waals surface area contributed by atoms with Crippen molar-refractivity contribution in [3.05, 3.63) is 34.8 Å². The Labute approximate surface area is 120 Å². The van der Waals surface area contributed by atoms with E-state index in [1.807, 2.05) is 6.92 Å². The molecule has 2 rings (SSSR count). The fourth-order valence-corrected chi connectivity index (χ4v) is 2.29. The molecule has 0 aliphatic carbocycles. The van der Waals surface area contributed by atoms with Gasteiger partial charge in [-0.3, -0.25) is 0 Å². The molecule has 114 valence electrons. The van der Waals surface area contributed by atoms with Crippen molar-refractivity contribution in [2.45, 2.75) is 33.4 Å². The highest BCUT2D eigenvalue weighted by Gasteiger charge is 2.36. The van der Waals surface area contributed by atoms with Crippen LogP contribution in [0, 0.1) is 19.7 Å². The van der Waals surface area contributed by atoms with Crippen LogP contribution in [0.15, 0.2) is 12.1 Å². The molecule has 0 spiro atoms. The first-order valence-corrected chi connectivity index (χ1v) is 6.67. The fraction of sp³-hybridized carbons (Fsp3) is 0.400. The quantitative estimate of drug-likeness (QED) is 0.821. The second-order valence-electron chi connectivity index (χ2n) is 4.95. The maximum Gasteiger partial charge on any atom is 0.433 e. The minimum atomic E-state index is -4.57. The van der Waals surface area contributed by atoms with Crippen LogP contribution in [0.5, 0.6) is 0 Å². The third kappa shape index (κ3) is 2.80. The van der Waals surface area contributed by atoms with E-state index in [9.17, 15) is 17.6 Å². The number of rotatable bonds is 3. The molecule has 0 saturated carbocycles. The highest BCUT2D eigenvalue weighted by molar-refractivity contribution is 5.95. The van der Waals surface area contributed by atoms with Crippen LogP contribution in [-0.4, -0.2) is 11.5 Å². The van der Waals surface area contributed by atoms with Crippen LogP contribution >= 0.6 is 0 Å². The van der Waals surface area contributed by atoms with Gasteiger partial charge in [0.2, 0.25) is 0 Å². The third-order valence-electron chi connectivity index (χ3n) is 3.41. The maximum atomic E-state index is 13.6. The molecule has 0 fully saturated rings. The predicted octanol–water partition coefficient (Wildman–Crippen LogP) is 4.83. The number of benzene rings is 1. The summed E-state index contributed by atoms with van der Waals surface area (Å²) in [4.78, 5) is 3.67. The first-order chi connectivity index (χ1) is 9.77. The zero-order valence-corrected chi connectivity index (χ0v) is 12.0. The number of hydrogen-bond donors (Lipinski definition) is 1. The Morgan fingerprint density at radius 2 is 1.81 bits per heavy atom. The third-order valence-corrected chi connectivity index (χ3v) is 3.41. The standard InChI is InChI=1S/C15H16F4N2/c1-4-7-20-12-9(3)14(15(17,18)19)21-13-8(2)11(16)6-5-10(12)13/h5-6H,4,7H2,1-3H3,(H,20,21). The summed E-state index contributed by atoms with van der Waals surface area (Å²) in [5.41, 5.74) is -0.391. The molecule has 21 heavy (non-hydrogen) atoms. The maximum absolute atomic E-state index is 13.6. The van der Waals surface area contributed by atoms with Gasteiger partial charge in [-0.1, -0.05) is 6.92 Å². The smallest absolute Gasteiger partial charge is 0.384 e. The monoisotopic (exact) mass is 300 g/mol. The molecule has 0 saturated heterocycles. The van der Waals surface area contributed by atoms with E-state index in [1.165, 1.54) is 26.0 Å². The second-order valence-corrected chi connectivity index (χ2v) is 4.95. The van der Waals surface area contributed by atoms with Crippen molar-refractivity contribution < 1.29 is 17.6 Å². The van der Waals surface area contributed by atoms with Crippen LogP contribution in [-0.2, 0) is 6.18 Å². The van der Waals surface area contributed by atoms with Crippen molar-refractivity contribution in [1.29, 1.82) is 0 Å². The molecular formula is C15H16F4N2. The summed E-state index contributed by atoms with van der Waals surface area (Å²) in [6, 6.07) is 2.72. The topological polar surface area (TPSA) is 24.9 Å². The molecule has 0 aliphatic heterocycles. The summed E-state index contributed by atoms with van der Waals surface area (Å²) >= 11 is 0. The lowest BCUT2D eigenvalue weighted by molar-refractivity contribution is -0.141. The van der Waals surface area contributed by atoms with Crippen LogP contribution in [0.2, 0.25) is 0 Å². The van der Waals surface area contributed by atoms with Gasteiger partial charge in [-0.05, 0) is 32.4 Å². The summed E-state index contributed by atoms with van der Waals surface area (Å²) in [6.07, 6.45) is -3.80. The van der Waals surface area contributed by atoms with Gasteiger partial charge >= 0.3 is 6.18 Å². The first kappa shape index (κ1) is 15.5. The Morgan fingerprint density at radius 3 is 2.38 bits per heavy atom. The molecular weight excluding hydrogens is 284 g/mol. The summed E-state index contributed by atoms with van der Waals surface area (Å²) in [5, 5.41) is 3.51. The van der Waals surface area contributed by atoms with Gasteiger partial charge < -0.3 is 5.32 Å². The number of aryl methyl sites for hydroxylation is 1. The zero-order chi connectivity index (χ0) is 15.8. The molecule has 2 aromatic rings. The number of fused-ring (bicyclic) bond motifs is 1. The van der Waals surface area contributed by atoms with Crippen LogP contribution in [0.1, 0.15) is 30.2 Å². The van der Waals surface area contributed by atoms with Gasteiger partial charge in [0.1, 0.15) is 11.5 Å². The van der Waals surface area contributed by atoms with Crippen molar-refractivity contribution in [3.8, 4) is 0 Å². The molecule has 1 heterocycles. The minimum absolute atomic E-state index is 0.0365. The summed E-state index contributed by atoms with van der Waals surface area (Å²) in [5.74, 6) is -0.562. The molecule has 0 aliphatic rings. The number of nitrogens with zero attached hydrogens (tertiary/aromatic N) is 1. The van der Waals surface area contributed by atoms with E-state index >= 15 is 0 Å². The Kier molecular flexibility index (Phi) is 4.07. The van der Waals surface area contributed by atoms with E-state index in [1.54, 1.807) is 0 Å². The SMILES string of the molecule is CCCNc1c(C)c(C(F)(F)F)nc2c(C)c(F)ccc12. The number of anilines is 1. The van der Waals surface area contributed by atoms with E-state index in [-0.39, 0.29) is 16.6 Å². The Bertz CT molecular complexity index is 678. The van der Waals surface area contributed by atoms with Crippen molar-refractivity contribution in [2.24, 2.45) is 0 Å². The van der Waals surface area contributed by atoms with Crippen LogP contribution in [0.3, 0.4) is 0 Å². The lowest BCUT2D eigenvalue weighted by Crippen LogP contribution is -2.14. The molecule has 0 bridgehead atoms. The van der Waals surface area contributed by atoms with E-state index in [0.29, 0.717) is 17.6 Å². The van der Waals surface area contributed by atoms with E-state index in [0.717, 1.165) is 6.42 Å². The Hall–Kier alpha value is -1.85. The number of pyridine rings is 1. The Balaban J connectivity index is 2.83. The van der Waals surface area contributed by atoms with Crippen LogP contribution in [0.25, 0.3) is 10.9 Å². The average molecular weight is 300 g/mol. The molecule has 6 heteroatoms. The summed E-state index contributed by atoms with van der Waals surface area (Å²) in [7, 11) is 0. The van der Waals surface area contributed by atoms with Gasteiger partial charge in [0.05, 0.1) is 5.52 Å². The average Bonchev–Trinajstić information content (AvgIpc) is 2.40. The molecule has 1 aromatic heterocycles. The lowest BCUT2D eigenvalue weighted by Gasteiger charge is -2.18. The first-order valence-electron chi connectivity index (χ1n) is 6.67. The predicted molar refractivity (Wildman–Crippen MR) is 75.0 cm³/mol. The largest absolute Gasteiger partial charge is 0.433 e. The molecule has 0 atom stereocenters. The normalized spacial score (nSPS) is 12.0.